The summed E-state index contributed by atoms with van der Waals surface area (Å²) in [5.41, 5.74) is 0.121. The van der Waals surface area contributed by atoms with Crippen LogP contribution in [0.3, 0.4) is 0 Å². The number of aryl methyl sites for hydroxylation is 1. The van der Waals surface area contributed by atoms with E-state index in [2.05, 4.69) is 9.72 Å². The molecular formula is C17H17F3N4O4S. The second kappa shape index (κ2) is 8.23. The molecule has 1 aromatic heterocycles. The molecule has 1 saturated heterocycles. The minimum atomic E-state index is -4.56. The first kappa shape index (κ1) is 20.8. The number of halogens is 3. The third-order valence-corrected chi connectivity index (χ3v) is 5.26. The first-order valence-corrected chi connectivity index (χ1v) is 9.46. The maximum absolute atomic E-state index is 12.8. The Kier molecular flexibility index (Phi) is 5.91. The average Bonchev–Trinajstić information content (AvgIpc) is 3.11. The van der Waals surface area contributed by atoms with Crippen LogP contribution in [-0.4, -0.2) is 59.7 Å². The molecule has 0 spiro atoms. The van der Waals surface area contributed by atoms with Gasteiger partial charge in [0.1, 0.15) is 11.3 Å². The lowest BCUT2D eigenvalue weighted by Gasteiger charge is -2.34. The number of hydrogen-bond donors (Lipinski definition) is 0. The molecule has 0 unspecified atom stereocenters. The minimum absolute atomic E-state index is 0.256. The van der Waals surface area contributed by atoms with Crippen molar-refractivity contribution in [2.75, 3.05) is 37.7 Å². The van der Waals surface area contributed by atoms with Gasteiger partial charge in [0.2, 0.25) is 0 Å². The summed E-state index contributed by atoms with van der Waals surface area (Å²) in [6.07, 6.45) is -4.56. The number of carbonyl (C=O) groups is 1. The van der Waals surface area contributed by atoms with Crippen molar-refractivity contribution in [3.8, 4) is 5.75 Å². The Balaban J connectivity index is 1.74. The summed E-state index contributed by atoms with van der Waals surface area (Å²) < 4.78 is 41.7. The van der Waals surface area contributed by atoms with Crippen molar-refractivity contribution < 1.29 is 27.6 Å². The number of amides is 1. The van der Waals surface area contributed by atoms with Crippen LogP contribution in [-0.2, 0) is 0 Å². The Labute approximate surface area is 167 Å². The van der Waals surface area contributed by atoms with Crippen LogP contribution in [0.15, 0.2) is 23.6 Å². The first-order valence-electron chi connectivity index (χ1n) is 8.58. The Hall–Kier alpha value is -2.89. The van der Waals surface area contributed by atoms with E-state index in [-0.39, 0.29) is 11.3 Å². The summed E-state index contributed by atoms with van der Waals surface area (Å²) in [5, 5.41) is 14.0. The zero-order chi connectivity index (χ0) is 21.2. The van der Waals surface area contributed by atoms with Gasteiger partial charge in [0.15, 0.2) is 11.7 Å². The predicted molar refractivity (Wildman–Crippen MR) is 99.6 cm³/mol. The second-order valence-electron chi connectivity index (χ2n) is 6.39. The number of thiazole rings is 1. The number of rotatable bonds is 5. The third kappa shape index (κ3) is 5.13. The van der Waals surface area contributed by atoms with Gasteiger partial charge in [0, 0.05) is 37.6 Å². The van der Waals surface area contributed by atoms with Crippen molar-refractivity contribution in [3.63, 3.8) is 0 Å². The van der Waals surface area contributed by atoms with Crippen LogP contribution < -0.4 is 9.64 Å². The molecule has 0 aliphatic carbocycles. The van der Waals surface area contributed by atoms with E-state index in [1.807, 2.05) is 17.2 Å². The SMILES string of the molecule is Cc1csc(N2CCN(C(=O)c3cc(OCC(F)(F)F)ccc3[N+](=O)[O-])CC2)n1. The van der Waals surface area contributed by atoms with Gasteiger partial charge in [-0.25, -0.2) is 4.98 Å². The summed E-state index contributed by atoms with van der Waals surface area (Å²) >= 11 is 1.49. The van der Waals surface area contributed by atoms with Gasteiger partial charge in [-0.05, 0) is 19.1 Å². The summed E-state index contributed by atoms with van der Waals surface area (Å²) in [7, 11) is 0. The normalized spacial score (nSPS) is 14.8. The van der Waals surface area contributed by atoms with Crippen molar-refractivity contribution >= 4 is 28.1 Å². The van der Waals surface area contributed by atoms with Gasteiger partial charge in [0.25, 0.3) is 11.6 Å². The summed E-state index contributed by atoms with van der Waals surface area (Å²) in [6, 6.07) is 3.01. The molecule has 0 saturated carbocycles. The highest BCUT2D eigenvalue weighted by Gasteiger charge is 2.31. The van der Waals surface area contributed by atoms with Crippen LogP contribution in [0, 0.1) is 17.0 Å². The molecule has 1 amide bonds. The fraction of sp³-hybridized carbons (Fsp3) is 0.412. The minimum Gasteiger partial charge on any atom is -0.484 e. The zero-order valence-electron chi connectivity index (χ0n) is 15.3. The highest BCUT2D eigenvalue weighted by atomic mass is 32.1. The average molecular weight is 430 g/mol. The van der Waals surface area contributed by atoms with Gasteiger partial charge in [-0.15, -0.1) is 11.3 Å². The fourth-order valence-electron chi connectivity index (χ4n) is 2.86. The van der Waals surface area contributed by atoms with Gasteiger partial charge in [-0.2, -0.15) is 13.2 Å². The number of anilines is 1. The highest BCUT2D eigenvalue weighted by Crippen LogP contribution is 2.28. The Morgan fingerprint density at radius 1 is 1.31 bits per heavy atom. The number of aromatic nitrogens is 1. The Morgan fingerprint density at radius 2 is 2.00 bits per heavy atom. The van der Waals surface area contributed by atoms with E-state index in [1.54, 1.807) is 0 Å². The van der Waals surface area contributed by atoms with E-state index >= 15 is 0 Å². The van der Waals surface area contributed by atoms with Crippen LogP contribution in [0.5, 0.6) is 5.75 Å². The molecule has 0 radical (unpaired) electrons. The number of hydrogen-bond acceptors (Lipinski definition) is 7. The molecule has 0 atom stereocenters. The summed E-state index contributed by atoms with van der Waals surface area (Å²) in [5.74, 6) is -0.878. The molecule has 156 valence electrons. The molecule has 2 heterocycles. The first-order chi connectivity index (χ1) is 13.6. The number of carbonyl (C=O) groups excluding carboxylic acids is 1. The lowest BCUT2D eigenvalue weighted by atomic mass is 10.1. The molecule has 0 bridgehead atoms. The highest BCUT2D eigenvalue weighted by molar-refractivity contribution is 7.13. The smallest absolute Gasteiger partial charge is 0.422 e. The molecule has 12 heteroatoms. The quantitative estimate of drug-likeness (QED) is 0.534. The maximum Gasteiger partial charge on any atom is 0.422 e. The zero-order valence-corrected chi connectivity index (χ0v) is 16.1. The summed E-state index contributed by atoms with van der Waals surface area (Å²) in [4.78, 5) is 31.2. The maximum atomic E-state index is 12.8. The molecule has 2 aromatic rings. The standard InChI is InChI=1S/C17H17F3N4O4S/c1-11-9-29-16(21-11)23-6-4-22(5-7-23)15(25)13-8-12(28-10-17(18,19)20)2-3-14(13)24(26)27/h2-3,8-9H,4-7,10H2,1H3. The number of benzene rings is 1. The Morgan fingerprint density at radius 3 is 2.55 bits per heavy atom. The van der Waals surface area contributed by atoms with Crippen molar-refractivity contribution in [2.45, 2.75) is 13.1 Å². The molecule has 8 nitrogen and oxygen atoms in total. The number of alkyl halides is 3. The lowest BCUT2D eigenvalue weighted by Crippen LogP contribution is -2.48. The number of nitrogens with zero attached hydrogens (tertiary/aromatic N) is 4. The van der Waals surface area contributed by atoms with Crippen LogP contribution in [0.1, 0.15) is 16.1 Å². The van der Waals surface area contributed by atoms with Gasteiger partial charge >= 0.3 is 6.18 Å². The van der Waals surface area contributed by atoms with E-state index in [9.17, 15) is 28.1 Å². The molecule has 1 aliphatic heterocycles. The monoisotopic (exact) mass is 430 g/mol. The van der Waals surface area contributed by atoms with Crippen molar-refractivity contribution in [1.29, 1.82) is 0 Å². The molecular weight excluding hydrogens is 413 g/mol. The van der Waals surface area contributed by atoms with Crippen LogP contribution in [0.4, 0.5) is 24.0 Å². The van der Waals surface area contributed by atoms with Crippen LogP contribution in [0.2, 0.25) is 0 Å². The van der Waals surface area contributed by atoms with Crippen LogP contribution >= 0.6 is 11.3 Å². The van der Waals surface area contributed by atoms with E-state index in [0.717, 1.165) is 29.0 Å². The van der Waals surface area contributed by atoms with Crippen molar-refractivity contribution in [1.82, 2.24) is 9.88 Å². The van der Waals surface area contributed by atoms with E-state index in [0.29, 0.717) is 26.2 Å². The molecule has 1 fully saturated rings. The molecule has 3 rings (SSSR count). The van der Waals surface area contributed by atoms with Crippen molar-refractivity contribution in [2.24, 2.45) is 0 Å². The number of ether oxygens (including phenoxy) is 1. The molecule has 1 aliphatic rings. The Bertz CT molecular complexity index is 910. The predicted octanol–water partition coefficient (Wildman–Crippen LogP) is 3.26. The van der Waals surface area contributed by atoms with Crippen LogP contribution in [0.25, 0.3) is 0 Å². The summed E-state index contributed by atoms with van der Waals surface area (Å²) in [6.45, 7) is 1.94. The van der Waals surface area contributed by atoms with Gasteiger partial charge in [-0.1, -0.05) is 0 Å². The molecule has 29 heavy (non-hydrogen) atoms. The number of nitro groups is 1. The lowest BCUT2D eigenvalue weighted by molar-refractivity contribution is -0.385. The molecule has 0 N–H and O–H groups in total. The topological polar surface area (TPSA) is 88.8 Å². The van der Waals surface area contributed by atoms with Gasteiger partial charge < -0.3 is 14.5 Å². The van der Waals surface area contributed by atoms with E-state index in [4.69, 9.17) is 0 Å². The van der Waals surface area contributed by atoms with E-state index in [1.165, 1.54) is 16.2 Å². The second-order valence-corrected chi connectivity index (χ2v) is 7.23. The van der Waals surface area contributed by atoms with Gasteiger partial charge in [0.05, 0.1) is 10.6 Å². The van der Waals surface area contributed by atoms with E-state index < -0.39 is 29.3 Å². The van der Waals surface area contributed by atoms with Crippen molar-refractivity contribution in [3.05, 3.63) is 45.0 Å². The number of piperazine rings is 1. The fourth-order valence-corrected chi connectivity index (χ4v) is 3.72. The largest absolute Gasteiger partial charge is 0.484 e. The molecule has 1 aromatic carbocycles. The third-order valence-electron chi connectivity index (χ3n) is 4.24. The van der Waals surface area contributed by atoms with Gasteiger partial charge in [-0.3, -0.25) is 14.9 Å². The number of nitro benzene ring substituents is 1.